The van der Waals surface area contributed by atoms with Gasteiger partial charge in [0, 0.05) is 24.5 Å². The lowest BCUT2D eigenvalue weighted by Crippen LogP contribution is -3.11. The lowest BCUT2D eigenvalue weighted by molar-refractivity contribution is -0.939. The molecule has 0 saturated carbocycles. The number of quaternary nitrogens is 1. The molecule has 5 rings (SSSR count). The number of tetrazole rings is 1. The van der Waals surface area contributed by atoms with Gasteiger partial charge in [-0.1, -0.05) is 72.8 Å². The molecule has 0 amide bonds. The Morgan fingerprint density at radius 3 is 2.36 bits per heavy atom. The third kappa shape index (κ3) is 5.97. The molecular formula is C31H35N6O2+. The Kier molecular flexibility index (Phi) is 8.24. The van der Waals surface area contributed by atoms with Crippen molar-refractivity contribution in [2.45, 2.75) is 39.4 Å². The molecule has 2 heterocycles. The molecule has 0 spiro atoms. The number of nitrogens with zero attached hydrogens (tertiary/aromatic N) is 4. The van der Waals surface area contributed by atoms with E-state index in [1.54, 1.807) is 11.8 Å². The van der Waals surface area contributed by atoms with Crippen LogP contribution in [0.5, 0.6) is 0 Å². The molecule has 8 heteroatoms. The molecule has 0 fully saturated rings. The topological polar surface area (TPSA) is 90.1 Å². The van der Waals surface area contributed by atoms with E-state index in [0.717, 1.165) is 35.0 Å². The summed E-state index contributed by atoms with van der Waals surface area (Å²) in [5.41, 5.74) is 6.00. The predicted octanol–water partition coefficient (Wildman–Crippen LogP) is 3.20. The largest absolute Gasteiger partial charge is 0.383 e. The van der Waals surface area contributed by atoms with Gasteiger partial charge >= 0.3 is 0 Å². The van der Waals surface area contributed by atoms with Gasteiger partial charge in [0.1, 0.15) is 6.54 Å². The number of aryl methyl sites for hydroxylation is 2. The Morgan fingerprint density at radius 2 is 1.64 bits per heavy atom. The standard InChI is InChI=1S/C31H34N6O2/c1-22-14-15-23(2)28-26(22)20-27(31(38)32-28)29(30-33-34-35-37(30)18-19-39-3)36(21-25-12-8-5-9-13-25)17-16-24-10-6-4-7-11-24/h4-15,20,29H,16-19,21H2,1-3H3,(H,32,38)/p+1. The molecule has 8 nitrogen and oxygen atoms in total. The zero-order chi connectivity index (χ0) is 27.2. The van der Waals surface area contributed by atoms with Gasteiger partial charge in [0.25, 0.3) is 5.56 Å². The van der Waals surface area contributed by atoms with E-state index in [1.165, 1.54) is 16.0 Å². The third-order valence-electron chi connectivity index (χ3n) is 7.37. The van der Waals surface area contributed by atoms with Gasteiger partial charge in [-0.2, -0.15) is 0 Å². The minimum absolute atomic E-state index is 0.118. The number of ether oxygens (including phenoxy) is 1. The van der Waals surface area contributed by atoms with Gasteiger partial charge in [-0.05, 0) is 47.0 Å². The Hall–Kier alpha value is -4.14. The van der Waals surface area contributed by atoms with E-state index in [0.29, 0.717) is 31.1 Å². The second kappa shape index (κ2) is 12.1. The number of nitrogens with one attached hydrogen (secondary N) is 2. The van der Waals surface area contributed by atoms with Gasteiger partial charge in [-0.25, -0.2) is 4.68 Å². The van der Waals surface area contributed by atoms with Crippen LogP contribution in [0.2, 0.25) is 0 Å². The fraction of sp³-hybridized carbons (Fsp3) is 0.290. The number of fused-ring (bicyclic) bond motifs is 1. The number of methoxy groups -OCH3 is 1. The van der Waals surface area contributed by atoms with Crippen LogP contribution in [0.1, 0.15) is 39.7 Å². The average molecular weight is 524 g/mol. The maximum Gasteiger partial charge on any atom is 0.258 e. The Balaban J connectivity index is 1.67. The van der Waals surface area contributed by atoms with Gasteiger partial charge < -0.3 is 14.6 Å². The highest BCUT2D eigenvalue weighted by atomic mass is 16.5. The van der Waals surface area contributed by atoms with E-state index in [-0.39, 0.29) is 5.56 Å². The van der Waals surface area contributed by atoms with Crippen molar-refractivity contribution in [1.29, 1.82) is 0 Å². The minimum atomic E-state index is -0.395. The number of benzene rings is 3. The zero-order valence-corrected chi connectivity index (χ0v) is 22.7. The van der Waals surface area contributed by atoms with Crippen LogP contribution in [-0.2, 0) is 24.2 Å². The molecule has 200 valence electrons. The van der Waals surface area contributed by atoms with Crippen molar-refractivity contribution in [2.24, 2.45) is 0 Å². The van der Waals surface area contributed by atoms with E-state index in [1.807, 2.05) is 31.2 Å². The Labute approximate surface area is 228 Å². The molecule has 0 aliphatic rings. The molecule has 0 saturated heterocycles. The lowest BCUT2D eigenvalue weighted by atomic mass is 9.98. The first kappa shape index (κ1) is 26.5. The first-order valence-electron chi connectivity index (χ1n) is 13.4. The maximum absolute atomic E-state index is 13.8. The molecule has 39 heavy (non-hydrogen) atoms. The van der Waals surface area contributed by atoms with E-state index >= 15 is 0 Å². The first-order valence-corrected chi connectivity index (χ1v) is 13.4. The summed E-state index contributed by atoms with van der Waals surface area (Å²) in [7, 11) is 1.66. The van der Waals surface area contributed by atoms with Crippen LogP contribution in [0, 0.1) is 13.8 Å². The molecule has 0 radical (unpaired) electrons. The number of hydrogen-bond donors (Lipinski definition) is 2. The number of aromatic amines is 1. The predicted molar refractivity (Wildman–Crippen MR) is 152 cm³/mol. The molecule has 2 aromatic heterocycles. The number of rotatable bonds is 11. The fourth-order valence-electron chi connectivity index (χ4n) is 5.25. The average Bonchev–Trinajstić information content (AvgIpc) is 3.42. The van der Waals surface area contributed by atoms with Gasteiger partial charge in [-0.15, -0.1) is 5.10 Å². The quantitative estimate of drug-likeness (QED) is 0.278. The van der Waals surface area contributed by atoms with Crippen LogP contribution in [-0.4, -0.2) is 45.5 Å². The lowest BCUT2D eigenvalue weighted by Gasteiger charge is -2.28. The molecule has 5 aromatic rings. The summed E-state index contributed by atoms with van der Waals surface area (Å²) >= 11 is 0. The van der Waals surface area contributed by atoms with Crippen LogP contribution < -0.4 is 10.5 Å². The molecule has 2 unspecified atom stereocenters. The highest BCUT2D eigenvalue weighted by molar-refractivity contribution is 5.85. The molecule has 0 bridgehead atoms. The third-order valence-corrected chi connectivity index (χ3v) is 7.37. The molecule has 0 aliphatic carbocycles. The van der Waals surface area contributed by atoms with Crippen molar-refractivity contribution in [3.63, 3.8) is 0 Å². The normalized spacial score (nSPS) is 13.0. The number of H-pyrrole nitrogens is 1. The summed E-state index contributed by atoms with van der Waals surface area (Å²) in [4.78, 5) is 18.2. The maximum atomic E-state index is 13.8. The fourth-order valence-corrected chi connectivity index (χ4v) is 5.25. The number of hydrogen-bond acceptors (Lipinski definition) is 5. The SMILES string of the molecule is COCCn1nnnc1C(c1cc2c(C)ccc(C)c2[nH]c1=O)[NH+](CCc1ccccc1)Cc1ccccc1. The van der Waals surface area contributed by atoms with Crippen molar-refractivity contribution >= 4 is 10.9 Å². The van der Waals surface area contributed by atoms with Crippen LogP contribution in [0.3, 0.4) is 0 Å². The molecule has 0 aliphatic heterocycles. The van der Waals surface area contributed by atoms with E-state index in [9.17, 15) is 4.79 Å². The van der Waals surface area contributed by atoms with Crippen molar-refractivity contribution in [2.75, 3.05) is 20.3 Å². The zero-order valence-electron chi connectivity index (χ0n) is 22.7. The summed E-state index contributed by atoms with van der Waals surface area (Å²) in [6, 6.07) is 26.6. The monoisotopic (exact) mass is 523 g/mol. The van der Waals surface area contributed by atoms with E-state index in [2.05, 4.69) is 82.0 Å². The van der Waals surface area contributed by atoms with Gasteiger partial charge in [-0.3, -0.25) is 4.79 Å². The highest BCUT2D eigenvalue weighted by Gasteiger charge is 2.34. The molecular weight excluding hydrogens is 488 g/mol. The number of aromatic nitrogens is 5. The smallest absolute Gasteiger partial charge is 0.258 e. The minimum Gasteiger partial charge on any atom is -0.383 e. The van der Waals surface area contributed by atoms with Gasteiger partial charge in [0.05, 0.1) is 30.8 Å². The van der Waals surface area contributed by atoms with Crippen LogP contribution >= 0.6 is 0 Å². The summed E-state index contributed by atoms with van der Waals surface area (Å²) in [5, 5.41) is 13.8. The first-order chi connectivity index (χ1) is 19.0. The van der Waals surface area contributed by atoms with E-state index < -0.39 is 6.04 Å². The van der Waals surface area contributed by atoms with Crippen molar-refractivity contribution in [1.82, 2.24) is 25.2 Å². The summed E-state index contributed by atoms with van der Waals surface area (Å²) in [6.07, 6.45) is 0.850. The second-order valence-electron chi connectivity index (χ2n) is 10.0. The van der Waals surface area contributed by atoms with Gasteiger partial charge in [0.15, 0.2) is 6.04 Å². The van der Waals surface area contributed by atoms with Crippen LogP contribution in [0.25, 0.3) is 10.9 Å². The van der Waals surface area contributed by atoms with Crippen molar-refractivity contribution in [3.8, 4) is 0 Å². The Morgan fingerprint density at radius 1 is 0.949 bits per heavy atom. The summed E-state index contributed by atoms with van der Waals surface area (Å²) in [6.45, 7) is 6.55. The molecule has 3 aromatic carbocycles. The summed E-state index contributed by atoms with van der Waals surface area (Å²) < 4.78 is 7.11. The van der Waals surface area contributed by atoms with Gasteiger partial charge in [0.2, 0.25) is 5.82 Å². The van der Waals surface area contributed by atoms with Crippen LogP contribution in [0.15, 0.2) is 83.7 Å². The van der Waals surface area contributed by atoms with E-state index in [4.69, 9.17) is 4.74 Å². The number of pyridine rings is 1. The van der Waals surface area contributed by atoms with Crippen molar-refractivity contribution in [3.05, 3.63) is 123 Å². The Bertz CT molecular complexity index is 1580. The van der Waals surface area contributed by atoms with Crippen LogP contribution in [0.4, 0.5) is 0 Å². The summed E-state index contributed by atoms with van der Waals surface area (Å²) in [5.74, 6) is 0.654. The second-order valence-corrected chi connectivity index (χ2v) is 10.0. The molecule has 2 atom stereocenters. The molecule has 2 N–H and O–H groups in total. The highest BCUT2D eigenvalue weighted by Crippen LogP contribution is 2.23. The van der Waals surface area contributed by atoms with Crippen molar-refractivity contribution < 1.29 is 9.64 Å².